The molecule has 4 aliphatic rings. The van der Waals surface area contributed by atoms with Crippen molar-refractivity contribution in [3.63, 3.8) is 0 Å². The first-order chi connectivity index (χ1) is 25.3. The van der Waals surface area contributed by atoms with Gasteiger partial charge in [0.2, 0.25) is 10.0 Å². The molecule has 1 aliphatic carbocycles. The number of carboxylic acids is 1. The number of piperidine rings is 2. The van der Waals surface area contributed by atoms with E-state index in [4.69, 9.17) is 5.11 Å². The summed E-state index contributed by atoms with van der Waals surface area (Å²) in [7, 11) is -3.18. The predicted octanol–water partition coefficient (Wildman–Crippen LogP) is 4.96. The van der Waals surface area contributed by atoms with Crippen molar-refractivity contribution in [3.8, 4) is 0 Å². The number of aromatic nitrogens is 3. The van der Waals surface area contributed by atoms with Gasteiger partial charge in [-0.2, -0.15) is 0 Å². The van der Waals surface area contributed by atoms with Gasteiger partial charge in [0, 0.05) is 75.8 Å². The number of amides is 1. The molecule has 7 rings (SSSR count). The first-order valence-corrected chi connectivity index (χ1v) is 20.2. The number of sulfonamides is 1. The topological polar surface area (TPSA) is 140 Å². The summed E-state index contributed by atoms with van der Waals surface area (Å²) < 4.78 is 42.0. The number of nitrogens with zero attached hydrogens (tertiary/aromatic N) is 7. The summed E-state index contributed by atoms with van der Waals surface area (Å²) in [5.74, 6) is -0.887. The molecule has 1 N–H and O–H groups in total. The van der Waals surface area contributed by atoms with Gasteiger partial charge in [-0.25, -0.2) is 31.9 Å². The van der Waals surface area contributed by atoms with Crippen LogP contribution >= 0.6 is 0 Å². The number of aromatic carboxylic acids is 1. The van der Waals surface area contributed by atoms with Gasteiger partial charge < -0.3 is 10.0 Å². The number of carboxylic acid groups (broad SMARTS) is 1. The van der Waals surface area contributed by atoms with Crippen molar-refractivity contribution in [2.24, 2.45) is 5.92 Å². The molecule has 0 bridgehead atoms. The second-order valence-corrected chi connectivity index (χ2v) is 17.5. The maximum Gasteiger partial charge on any atom is 0.337 e. The van der Waals surface area contributed by atoms with Gasteiger partial charge in [-0.15, -0.1) is 0 Å². The fourth-order valence-electron chi connectivity index (χ4n) is 8.38. The average molecular weight is 750 g/mol. The van der Waals surface area contributed by atoms with Crippen LogP contribution < -0.4 is 0 Å². The van der Waals surface area contributed by atoms with Crippen LogP contribution in [0.1, 0.15) is 96.1 Å². The molecule has 4 fully saturated rings. The van der Waals surface area contributed by atoms with Crippen molar-refractivity contribution in [3.05, 3.63) is 89.0 Å². The van der Waals surface area contributed by atoms with Crippen LogP contribution in [0.4, 0.5) is 4.39 Å². The van der Waals surface area contributed by atoms with E-state index in [2.05, 4.69) is 38.6 Å². The molecule has 286 valence electrons. The summed E-state index contributed by atoms with van der Waals surface area (Å²) in [4.78, 5) is 42.8. The zero-order valence-corrected chi connectivity index (χ0v) is 32.0. The Balaban J connectivity index is 0.000000468. The Labute approximate surface area is 312 Å². The maximum atomic E-state index is 14.5. The smallest absolute Gasteiger partial charge is 0.337 e. The van der Waals surface area contributed by atoms with Gasteiger partial charge in [-0.05, 0) is 102 Å². The minimum Gasteiger partial charge on any atom is -0.478 e. The van der Waals surface area contributed by atoms with E-state index in [1.807, 2.05) is 24.8 Å². The Kier molecular flexibility index (Phi) is 11.9. The number of carbonyl (C=O) groups excluding carboxylic acids is 1. The quantitative estimate of drug-likeness (QED) is 0.336. The van der Waals surface area contributed by atoms with Crippen molar-refractivity contribution in [2.45, 2.75) is 89.1 Å². The van der Waals surface area contributed by atoms with Crippen LogP contribution in [-0.4, -0.2) is 122 Å². The second-order valence-electron chi connectivity index (χ2n) is 15.3. The van der Waals surface area contributed by atoms with E-state index >= 15 is 0 Å². The van der Waals surface area contributed by atoms with Crippen LogP contribution in [0, 0.1) is 25.6 Å². The van der Waals surface area contributed by atoms with E-state index < -0.39 is 16.0 Å². The molecule has 2 atom stereocenters. The molecular formula is C39H52FN7O5S. The van der Waals surface area contributed by atoms with Crippen LogP contribution in [0.25, 0.3) is 0 Å². The largest absolute Gasteiger partial charge is 0.478 e. The number of likely N-dealkylation sites (tertiary alicyclic amines) is 1. The van der Waals surface area contributed by atoms with E-state index in [-0.39, 0.29) is 46.1 Å². The van der Waals surface area contributed by atoms with Gasteiger partial charge in [0.25, 0.3) is 5.91 Å². The normalized spacial score (nSPS) is 22.4. The first kappa shape index (κ1) is 38.9. The Morgan fingerprint density at radius 3 is 2.17 bits per heavy atom. The van der Waals surface area contributed by atoms with E-state index in [0.717, 1.165) is 75.1 Å². The predicted molar refractivity (Wildman–Crippen MR) is 199 cm³/mol. The number of halogens is 1. The zero-order valence-electron chi connectivity index (χ0n) is 31.2. The van der Waals surface area contributed by atoms with Crippen LogP contribution in [0.3, 0.4) is 0 Å². The third kappa shape index (κ3) is 8.77. The van der Waals surface area contributed by atoms with Crippen molar-refractivity contribution in [1.29, 1.82) is 0 Å². The first-order valence-electron chi connectivity index (χ1n) is 18.7. The number of rotatable bonds is 8. The summed E-state index contributed by atoms with van der Waals surface area (Å²) in [5, 5.41) is 8.16. The number of benzene rings is 1. The molecule has 0 unspecified atom stereocenters. The van der Waals surface area contributed by atoms with Crippen molar-refractivity contribution in [1.82, 2.24) is 34.0 Å². The van der Waals surface area contributed by atoms with Gasteiger partial charge in [0.05, 0.1) is 27.8 Å². The summed E-state index contributed by atoms with van der Waals surface area (Å²) in [5.41, 5.74) is 3.27. The molecule has 0 radical (unpaired) electrons. The monoisotopic (exact) mass is 749 g/mol. The minimum absolute atomic E-state index is 0.00866. The van der Waals surface area contributed by atoms with Crippen LogP contribution in [0.5, 0.6) is 0 Å². The Bertz CT molecular complexity index is 1840. The Morgan fingerprint density at radius 2 is 1.62 bits per heavy atom. The van der Waals surface area contributed by atoms with Crippen molar-refractivity contribution >= 4 is 21.9 Å². The molecule has 5 heterocycles. The highest BCUT2D eigenvalue weighted by Crippen LogP contribution is 2.41. The number of aryl methyl sites for hydroxylation is 2. The number of carbonyl (C=O) groups is 2. The highest BCUT2D eigenvalue weighted by Gasteiger charge is 2.45. The standard InChI is InChI=1S/C33H47FN6O3S.C6H5NO2/c1-23-21-38(33(4)12-16-37(17-13-33)32(41)30-24(2)35-22-36-25(30)3)18-19-40(23)31(27-6-5-7-28(34)20-27)26-10-14-39(15-11-26)44(42,43)29-8-9-29;8-6(9)5-2-1-3-7-4-5/h5-7,20,22-23,26,29,31H,8-19,21H2,1-4H3;1-4H,(H,8,9)/t23-,31+;/m1./s1. The molecule has 3 aliphatic heterocycles. The molecule has 14 heteroatoms. The molecule has 3 saturated heterocycles. The van der Waals surface area contributed by atoms with E-state index in [9.17, 15) is 22.4 Å². The molecule has 53 heavy (non-hydrogen) atoms. The minimum atomic E-state index is -3.18. The highest BCUT2D eigenvalue weighted by molar-refractivity contribution is 7.90. The summed E-state index contributed by atoms with van der Waals surface area (Å²) in [6, 6.07) is 10.4. The third-order valence-corrected chi connectivity index (χ3v) is 14.1. The molecule has 1 saturated carbocycles. The van der Waals surface area contributed by atoms with Gasteiger partial charge in [-0.1, -0.05) is 12.1 Å². The average Bonchev–Trinajstić information content (AvgIpc) is 4.01. The molecule has 0 spiro atoms. The molecule has 2 aromatic heterocycles. The lowest BCUT2D eigenvalue weighted by molar-refractivity contribution is -0.0422. The molecule has 1 amide bonds. The highest BCUT2D eigenvalue weighted by atomic mass is 32.2. The van der Waals surface area contributed by atoms with Crippen molar-refractivity contribution < 1.29 is 27.5 Å². The lowest BCUT2D eigenvalue weighted by Gasteiger charge is -2.54. The van der Waals surface area contributed by atoms with Gasteiger partial charge in [-0.3, -0.25) is 19.6 Å². The molecule has 1 aromatic carbocycles. The number of hydrogen-bond donors (Lipinski definition) is 1. The summed E-state index contributed by atoms with van der Waals surface area (Å²) in [6.45, 7) is 13.5. The second kappa shape index (κ2) is 16.3. The maximum absolute atomic E-state index is 14.5. The summed E-state index contributed by atoms with van der Waals surface area (Å²) in [6.07, 6.45) is 9.29. The SMILES string of the molecule is Cc1ncnc(C)c1C(=O)N1CCC(C)(N2CCN([C@H](c3cccc(F)c3)C3CCN(S(=O)(=O)C4CC4)CC3)[C@H](C)C2)CC1.O=C(O)c1cccnc1. The van der Waals surface area contributed by atoms with Crippen LogP contribution in [0.2, 0.25) is 0 Å². The number of piperazine rings is 1. The number of pyridine rings is 1. The summed E-state index contributed by atoms with van der Waals surface area (Å²) >= 11 is 0. The van der Waals surface area contributed by atoms with E-state index in [1.165, 1.54) is 30.9 Å². The van der Waals surface area contributed by atoms with Gasteiger partial charge in [0.15, 0.2) is 0 Å². The lowest BCUT2D eigenvalue weighted by atomic mass is 9.82. The Morgan fingerprint density at radius 1 is 0.943 bits per heavy atom. The molecular weight excluding hydrogens is 698 g/mol. The van der Waals surface area contributed by atoms with Gasteiger partial charge >= 0.3 is 5.97 Å². The van der Waals surface area contributed by atoms with E-state index in [1.54, 1.807) is 22.5 Å². The van der Waals surface area contributed by atoms with Gasteiger partial charge in [0.1, 0.15) is 12.1 Å². The lowest BCUT2D eigenvalue weighted by Crippen LogP contribution is -2.63. The number of hydrogen-bond acceptors (Lipinski definition) is 9. The van der Waals surface area contributed by atoms with E-state index in [0.29, 0.717) is 31.7 Å². The molecule has 12 nitrogen and oxygen atoms in total. The van der Waals surface area contributed by atoms with Crippen LogP contribution in [0.15, 0.2) is 55.1 Å². The van der Waals surface area contributed by atoms with Crippen LogP contribution in [-0.2, 0) is 10.0 Å². The fraction of sp³-hybridized carbons (Fsp3) is 0.564. The van der Waals surface area contributed by atoms with Crippen molar-refractivity contribution in [2.75, 3.05) is 45.8 Å². The third-order valence-electron chi connectivity index (χ3n) is 11.7. The zero-order chi connectivity index (χ0) is 37.9. The fourth-order valence-corrected chi connectivity index (χ4v) is 10.3. The Hall–Kier alpha value is -3.85. The molecule has 3 aromatic rings.